The second kappa shape index (κ2) is 6.04. The molecule has 138 valence electrons. The third-order valence-electron chi connectivity index (χ3n) is 5.01. The van der Waals surface area contributed by atoms with Crippen LogP contribution in [0, 0.1) is 9.49 Å². The molecule has 2 aliphatic carbocycles. The fourth-order valence-corrected chi connectivity index (χ4v) is 5.13. The molecule has 0 unspecified atom stereocenters. The molecule has 0 heterocycles. The van der Waals surface area contributed by atoms with E-state index in [1.807, 2.05) is 19.1 Å². The number of ether oxygens (including phenoxy) is 1. The van der Waals surface area contributed by atoms with Gasteiger partial charge in [-0.15, -0.1) is 0 Å². The standard InChI is InChI=1S/C16H16F3IO4S/c1-15-8-10(24-25(21,22)16(17,18)19)4-3-9(15)7-11-12(15)5-6-13(23-2)14(11)20/h5-6,8-9H,3-4,7H2,1-2H3/t9-,15-/m0/s1. The number of methoxy groups -OCH3 is 1. The predicted molar refractivity (Wildman–Crippen MR) is 93.6 cm³/mol. The molecule has 0 spiro atoms. The van der Waals surface area contributed by atoms with Gasteiger partial charge in [0, 0.05) is 11.8 Å². The van der Waals surface area contributed by atoms with E-state index >= 15 is 0 Å². The lowest BCUT2D eigenvalue weighted by Crippen LogP contribution is -2.32. The second-order valence-electron chi connectivity index (χ2n) is 6.42. The summed E-state index contributed by atoms with van der Waals surface area (Å²) in [7, 11) is -4.05. The molecule has 1 aromatic carbocycles. The molecule has 9 heteroatoms. The summed E-state index contributed by atoms with van der Waals surface area (Å²) in [6, 6.07) is 3.72. The lowest BCUT2D eigenvalue weighted by molar-refractivity contribution is -0.0525. The smallest absolute Gasteiger partial charge is 0.496 e. The first-order chi connectivity index (χ1) is 11.5. The van der Waals surface area contributed by atoms with Crippen LogP contribution in [0.4, 0.5) is 13.2 Å². The van der Waals surface area contributed by atoms with Crippen LogP contribution in [0.2, 0.25) is 0 Å². The molecule has 0 amide bonds. The van der Waals surface area contributed by atoms with Crippen molar-refractivity contribution in [3.63, 3.8) is 0 Å². The first-order valence-corrected chi connectivity index (χ1v) is 10.1. The Kier molecular flexibility index (Phi) is 4.54. The molecule has 2 atom stereocenters. The van der Waals surface area contributed by atoms with Crippen molar-refractivity contribution in [2.75, 3.05) is 7.11 Å². The zero-order valence-corrected chi connectivity index (χ0v) is 16.5. The molecule has 2 aliphatic rings. The van der Waals surface area contributed by atoms with E-state index in [1.54, 1.807) is 13.2 Å². The lowest BCUT2D eigenvalue weighted by atomic mass is 9.71. The van der Waals surface area contributed by atoms with Crippen molar-refractivity contribution < 1.29 is 30.5 Å². The number of alkyl halides is 3. The van der Waals surface area contributed by atoms with Crippen LogP contribution in [-0.4, -0.2) is 21.0 Å². The lowest BCUT2D eigenvalue weighted by Gasteiger charge is -2.34. The van der Waals surface area contributed by atoms with Gasteiger partial charge < -0.3 is 8.92 Å². The summed E-state index contributed by atoms with van der Waals surface area (Å²) in [5, 5.41) is 0. The monoisotopic (exact) mass is 488 g/mol. The Morgan fingerprint density at radius 2 is 2.00 bits per heavy atom. The minimum atomic E-state index is -5.64. The molecule has 25 heavy (non-hydrogen) atoms. The van der Waals surface area contributed by atoms with Crippen LogP contribution in [0.1, 0.15) is 30.9 Å². The maximum Gasteiger partial charge on any atom is 0.534 e. The van der Waals surface area contributed by atoms with Crippen LogP contribution in [0.3, 0.4) is 0 Å². The molecule has 0 fully saturated rings. The maximum atomic E-state index is 12.6. The molecule has 3 rings (SSSR count). The number of allylic oxidation sites excluding steroid dienone is 2. The van der Waals surface area contributed by atoms with E-state index < -0.39 is 21.0 Å². The van der Waals surface area contributed by atoms with Crippen molar-refractivity contribution in [3.8, 4) is 5.75 Å². The summed E-state index contributed by atoms with van der Waals surface area (Å²) in [4.78, 5) is 0. The van der Waals surface area contributed by atoms with E-state index in [9.17, 15) is 21.6 Å². The van der Waals surface area contributed by atoms with Gasteiger partial charge in [-0.05, 0) is 64.6 Å². The summed E-state index contributed by atoms with van der Waals surface area (Å²) in [6.45, 7) is 1.91. The van der Waals surface area contributed by atoms with Gasteiger partial charge >= 0.3 is 15.6 Å². The number of fused-ring (bicyclic) bond motifs is 3. The van der Waals surface area contributed by atoms with Gasteiger partial charge in [0.1, 0.15) is 11.5 Å². The van der Waals surface area contributed by atoms with Gasteiger partial charge in [-0.2, -0.15) is 21.6 Å². The van der Waals surface area contributed by atoms with Gasteiger partial charge in [-0.3, -0.25) is 0 Å². The quantitative estimate of drug-likeness (QED) is 0.363. The molecular formula is C16H16F3IO4S. The van der Waals surface area contributed by atoms with E-state index in [4.69, 9.17) is 4.74 Å². The third-order valence-corrected chi connectivity index (χ3v) is 7.19. The molecule has 0 aromatic heterocycles. The Morgan fingerprint density at radius 3 is 2.60 bits per heavy atom. The van der Waals surface area contributed by atoms with Crippen molar-refractivity contribution in [1.29, 1.82) is 0 Å². The number of rotatable bonds is 3. The van der Waals surface area contributed by atoms with Gasteiger partial charge in [-0.25, -0.2) is 0 Å². The van der Waals surface area contributed by atoms with Crippen LogP contribution in [0.25, 0.3) is 0 Å². The summed E-state index contributed by atoms with van der Waals surface area (Å²) in [6.07, 6.45) is 3.04. The van der Waals surface area contributed by atoms with Crippen molar-refractivity contribution in [1.82, 2.24) is 0 Å². The molecule has 0 saturated heterocycles. The average Bonchev–Trinajstić information content (AvgIpc) is 2.79. The van der Waals surface area contributed by atoms with Gasteiger partial charge in [0.15, 0.2) is 0 Å². The highest BCUT2D eigenvalue weighted by Crippen LogP contribution is 2.52. The third kappa shape index (κ3) is 3.02. The fourth-order valence-electron chi connectivity index (χ4n) is 3.71. The van der Waals surface area contributed by atoms with Gasteiger partial charge in [0.2, 0.25) is 0 Å². The molecule has 0 radical (unpaired) electrons. The van der Waals surface area contributed by atoms with Crippen LogP contribution in [-0.2, 0) is 26.1 Å². The normalized spacial score (nSPS) is 25.8. The summed E-state index contributed by atoms with van der Waals surface area (Å²) in [5.41, 5.74) is -3.91. The first kappa shape index (κ1) is 18.8. The van der Waals surface area contributed by atoms with Crippen molar-refractivity contribution in [2.24, 2.45) is 5.92 Å². The van der Waals surface area contributed by atoms with E-state index in [1.165, 1.54) is 0 Å². The predicted octanol–water partition coefficient (Wildman–Crippen LogP) is 4.27. The van der Waals surface area contributed by atoms with Gasteiger partial charge in [0.05, 0.1) is 10.7 Å². The molecule has 4 nitrogen and oxygen atoms in total. The minimum absolute atomic E-state index is 0.144. The number of hydrogen-bond donors (Lipinski definition) is 0. The molecule has 0 aliphatic heterocycles. The van der Waals surface area contributed by atoms with E-state index in [0.29, 0.717) is 6.42 Å². The SMILES string of the molecule is COc1ccc2c(c1I)C[C@@H]1CCC(OS(=O)(=O)C(F)(F)F)=C[C@]21C. The van der Waals surface area contributed by atoms with E-state index in [0.717, 1.165) is 26.9 Å². The highest BCUT2D eigenvalue weighted by Gasteiger charge is 2.51. The van der Waals surface area contributed by atoms with Crippen LogP contribution >= 0.6 is 22.6 Å². The maximum absolute atomic E-state index is 12.6. The van der Waals surface area contributed by atoms with Crippen LogP contribution < -0.4 is 4.74 Å². The average molecular weight is 488 g/mol. The van der Waals surface area contributed by atoms with E-state index in [2.05, 4.69) is 26.8 Å². The Bertz CT molecular complexity index is 848. The number of halogens is 4. The van der Waals surface area contributed by atoms with E-state index in [-0.39, 0.29) is 18.1 Å². The largest absolute Gasteiger partial charge is 0.534 e. The molecule has 1 aromatic rings. The number of hydrogen-bond acceptors (Lipinski definition) is 4. The zero-order valence-electron chi connectivity index (χ0n) is 13.5. The summed E-state index contributed by atoms with van der Waals surface area (Å²) < 4.78 is 71.0. The van der Waals surface area contributed by atoms with Crippen molar-refractivity contribution in [2.45, 2.75) is 37.1 Å². The summed E-state index contributed by atoms with van der Waals surface area (Å²) in [5.74, 6) is 0.792. The number of benzene rings is 1. The minimum Gasteiger partial charge on any atom is -0.496 e. The fraction of sp³-hybridized carbons (Fsp3) is 0.500. The topological polar surface area (TPSA) is 52.6 Å². The Hall–Kier alpha value is -0.970. The molecule has 0 bridgehead atoms. The highest BCUT2D eigenvalue weighted by molar-refractivity contribution is 14.1. The Balaban J connectivity index is 2.01. The highest BCUT2D eigenvalue weighted by atomic mass is 127. The molecule has 0 N–H and O–H groups in total. The van der Waals surface area contributed by atoms with Crippen LogP contribution in [0.5, 0.6) is 5.75 Å². The van der Waals surface area contributed by atoms with Gasteiger partial charge in [0.25, 0.3) is 0 Å². The Morgan fingerprint density at radius 1 is 1.32 bits per heavy atom. The van der Waals surface area contributed by atoms with Crippen molar-refractivity contribution >= 4 is 32.7 Å². The zero-order chi connectivity index (χ0) is 18.6. The van der Waals surface area contributed by atoms with Gasteiger partial charge in [-0.1, -0.05) is 13.0 Å². The first-order valence-electron chi connectivity index (χ1n) is 7.58. The van der Waals surface area contributed by atoms with Crippen molar-refractivity contribution in [3.05, 3.63) is 38.7 Å². The second-order valence-corrected chi connectivity index (χ2v) is 9.04. The van der Waals surface area contributed by atoms with Crippen LogP contribution in [0.15, 0.2) is 24.0 Å². The molecule has 0 saturated carbocycles. The molecular weight excluding hydrogens is 472 g/mol. The summed E-state index contributed by atoms with van der Waals surface area (Å²) >= 11 is 2.20. The Labute approximate surface area is 157 Å².